The van der Waals surface area contributed by atoms with Crippen molar-refractivity contribution in [2.24, 2.45) is 0 Å². The normalized spacial score (nSPS) is 8.29. The van der Waals surface area contributed by atoms with Gasteiger partial charge < -0.3 is 5.48 Å². The molecule has 7 heteroatoms. The van der Waals surface area contributed by atoms with Crippen molar-refractivity contribution in [1.82, 2.24) is 0 Å². The molecule has 0 aliphatic rings. The van der Waals surface area contributed by atoms with Crippen LogP contribution in [0, 0.1) is 0 Å². The molecule has 4 radical (unpaired) electrons. The summed E-state index contributed by atoms with van der Waals surface area (Å²) >= 11 is -5.52. The van der Waals surface area contributed by atoms with Gasteiger partial charge in [0.1, 0.15) is 0 Å². The fourth-order valence-electron chi connectivity index (χ4n) is 0. The van der Waals surface area contributed by atoms with Crippen LogP contribution in [-0.4, -0.2) is 24.0 Å². The van der Waals surface area contributed by atoms with Gasteiger partial charge in [-0.2, -0.15) is 0 Å². The Morgan fingerprint density at radius 3 is 1.14 bits per heavy atom. The molecule has 0 aromatic heterocycles. The average Bonchev–Trinajstić information content (AvgIpc) is 0.722. The molecule has 0 aromatic rings. The van der Waals surface area contributed by atoms with Gasteiger partial charge in [0.15, 0.2) is 0 Å². The molecule has 0 unspecified atom stereocenters. The first kappa shape index (κ1) is 15.7. The van der Waals surface area contributed by atoms with Gasteiger partial charge in [-0.05, 0) is 0 Å². The fraction of sp³-hybridized carbons (Fsp3) is 0. The number of hydrogen-bond acceptors (Lipinski definition) is 2. The van der Waals surface area contributed by atoms with Crippen LogP contribution in [0.15, 0.2) is 0 Å². The summed E-state index contributed by atoms with van der Waals surface area (Å²) in [4.78, 5) is 0. The van der Waals surface area contributed by atoms with E-state index in [0.717, 1.165) is 0 Å². The zero-order valence-corrected chi connectivity index (χ0v) is 6.13. The monoisotopic (exact) mass is 210 g/mol. The second-order valence-corrected chi connectivity index (χ2v) is 2.65. The van der Waals surface area contributed by atoms with Gasteiger partial charge in [-0.3, -0.25) is 0 Å². The Hall–Kier alpha value is 0.385. The third kappa shape index (κ3) is 828. The van der Waals surface area contributed by atoms with Gasteiger partial charge in [0.2, 0.25) is 0 Å². The van der Waals surface area contributed by atoms with Crippen molar-refractivity contribution in [1.29, 1.82) is 0 Å². The Kier molecular flexibility index (Phi) is 10.2. The van der Waals surface area contributed by atoms with Crippen LogP contribution < -0.4 is 0 Å². The maximum atomic E-state index is 8.85. The van der Waals surface area contributed by atoms with E-state index in [4.69, 9.17) is 14.3 Å². The van der Waals surface area contributed by atoms with Crippen molar-refractivity contribution in [3.8, 4) is 0 Å². The van der Waals surface area contributed by atoms with Gasteiger partial charge >= 0.3 is 31.1 Å². The molecule has 0 spiro atoms. The first-order valence-corrected chi connectivity index (χ1v) is 4.13. The molecule has 0 aromatic carbocycles. The molecule has 0 fully saturated rings. The quantitative estimate of drug-likeness (QED) is 0.427. The van der Waals surface area contributed by atoms with Gasteiger partial charge in [-0.25, -0.2) is 0 Å². The topological polar surface area (TPSA) is 106 Å². The Labute approximate surface area is 48.0 Å². The average molecular weight is 208 g/mol. The number of rotatable bonds is 0. The standard InChI is InChI=1S/Mo.3H2O.2O.Si/h;3*1H2;;;/q+2;;;;;;/p-2. The largest absolute Gasteiger partial charge is 0 e. The second kappa shape index (κ2) is 4.54. The van der Waals surface area contributed by atoms with Crippen LogP contribution in [0.4, 0.5) is 0 Å². The molecule has 0 aliphatic heterocycles. The summed E-state index contributed by atoms with van der Waals surface area (Å²) < 4.78 is 32.0. The van der Waals surface area contributed by atoms with Crippen molar-refractivity contribution in [2.75, 3.05) is 0 Å². The first-order chi connectivity index (χ1) is 2.00. The summed E-state index contributed by atoms with van der Waals surface area (Å²) in [5, 5.41) is 0. The Balaban J connectivity index is -0.0000000800. The summed E-state index contributed by atoms with van der Waals surface area (Å²) in [6.07, 6.45) is 0. The Bertz CT molecular complexity index is 91.2. The van der Waals surface area contributed by atoms with Crippen LogP contribution >= 0.6 is 0 Å². The first-order valence-electron chi connectivity index (χ1n) is 0.698. The zero-order valence-electron chi connectivity index (χ0n) is 3.12. The number of hydrogen-bond donors (Lipinski definition) is 2. The predicted octanol–water partition coefficient (Wildman–Crippen LogP) is -2.56. The van der Waals surface area contributed by atoms with Gasteiger partial charge in [0.25, 0.3) is 0 Å². The molecule has 44 valence electrons. The molecule has 0 rings (SSSR count). The van der Waals surface area contributed by atoms with Crippen LogP contribution in [0.5, 0.6) is 0 Å². The summed E-state index contributed by atoms with van der Waals surface area (Å²) in [5.41, 5.74) is 0. The van der Waals surface area contributed by atoms with Crippen LogP contribution in [0.25, 0.3) is 0 Å². The van der Waals surface area contributed by atoms with E-state index in [1.54, 1.807) is 0 Å². The van der Waals surface area contributed by atoms with Gasteiger partial charge in [-0.1, -0.05) is 0 Å². The second-order valence-electron chi connectivity index (χ2n) is 0.448. The molecule has 7 heavy (non-hydrogen) atoms. The Morgan fingerprint density at radius 2 is 1.14 bits per heavy atom. The van der Waals surface area contributed by atoms with Crippen molar-refractivity contribution in [2.45, 2.75) is 0 Å². The molecular weight excluding hydrogens is 204 g/mol. The molecular formula is H4MoO5Si. The van der Waals surface area contributed by atoms with Gasteiger partial charge in [0.05, 0.1) is 0 Å². The Morgan fingerprint density at radius 1 is 1.14 bits per heavy atom. The molecule has 0 heterocycles. The van der Waals surface area contributed by atoms with Gasteiger partial charge in [-0.15, -0.1) is 0 Å². The van der Waals surface area contributed by atoms with E-state index in [2.05, 4.69) is 0 Å². The van der Waals surface area contributed by atoms with E-state index in [9.17, 15) is 0 Å². The van der Waals surface area contributed by atoms with Crippen LogP contribution in [0.1, 0.15) is 0 Å². The molecule has 0 saturated heterocycles. The van der Waals surface area contributed by atoms with E-state index in [1.165, 1.54) is 0 Å². The molecule has 0 aliphatic carbocycles. The van der Waals surface area contributed by atoms with Crippen molar-refractivity contribution in [3.63, 3.8) is 0 Å². The van der Waals surface area contributed by atoms with Crippen molar-refractivity contribution < 1.29 is 36.5 Å². The molecule has 5 nitrogen and oxygen atoms in total. The molecule has 0 amide bonds. The summed E-state index contributed by atoms with van der Waals surface area (Å²) in [6, 6.07) is 0. The van der Waals surface area contributed by atoms with E-state index in [0.29, 0.717) is 0 Å². The summed E-state index contributed by atoms with van der Waals surface area (Å²) in [5.74, 6) is 0. The smallest absolute Gasteiger partial charge is 0 e. The minimum Gasteiger partial charge on any atom is 0 e. The van der Waals surface area contributed by atoms with Crippen LogP contribution in [-0.2, 0) is 23.5 Å². The predicted molar refractivity (Wildman–Crippen MR) is 15.2 cm³/mol. The van der Waals surface area contributed by atoms with E-state index >= 15 is 0 Å². The third-order valence-electron chi connectivity index (χ3n) is 0. The van der Waals surface area contributed by atoms with E-state index < -0.39 is 16.7 Å². The van der Waals surface area contributed by atoms with E-state index in [-0.39, 0.29) is 16.4 Å². The minimum absolute atomic E-state index is 0. The van der Waals surface area contributed by atoms with Crippen LogP contribution in [0.2, 0.25) is 0 Å². The SMILES string of the molecule is O.[O]=[Mo](=[O])([OH])[OH].[Si]. The van der Waals surface area contributed by atoms with Gasteiger partial charge in [0, 0.05) is 11.0 Å². The van der Waals surface area contributed by atoms with Crippen molar-refractivity contribution in [3.05, 3.63) is 0 Å². The minimum atomic E-state index is -5.52. The summed E-state index contributed by atoms with van der Waals surface area (Å²) in [6.45, 7) is 0. The van der Waals surface area contributed by atoms with E-state index in [1.807, 2.05) is 0 Å². The fourth-order valence-corrected chi connectivity index (χ4v) is 0. The zero-order chi connectivity index (χ0) is 4.50. The summed E-state index contributed by atoms with van der Waals surface area (Å²) in [7, 11) is 0. The molecule has 4 N–H and O–H groups in total. The molecule has 0 atom stereocenters. The maximum Gasteiger partial charge on any atom is 0 e. The molecule has 0 bridgehead atoms. The molecule has 0 saturated carbocycles. The maximum absolute atomic E-state index is 8.85. The van der Waals surface area contributed by atoms with Crippen LogP contribution in [0.3, 0.4) is 0 Å². The van der Waals surface area contributed by atoms with Crippen molar-refractivity contribution >= 4 is 11.0 Å². The third-order valence-corrected chi connectivity index (χ3v) is 0.